The Bertz CT molecular complexity index is 310. The van der Waals surface area contributed by atoms with Gasteiger partial charge in [-0.25, -0.2) is 0 Å². The molecule has 1 aromatic carbocycles. The van der Waals surface area contributed by atoms with Gasteiger partial charge < -0.3 is 10.2 Å². The maximum atomic E-state index is 11.7. The average molecular weight is 190 g/mol. The van der Waals surface area contributed by atoms with Crippen LogP contribution in [0.5, 0.6) is 0 Å². The third kappa shape index (κ3) is 1.93. The van der Waals surface area contributed by atoms with Gasteiger partial charge in [0, 0.05) is 12.2 Å². The van der Waals surface area contributed by atoms with Gasteiger partial charge in [-0.2, -0.15) is 0 Å². The predicted octanol–water partition coefficient (Wildman–Crippen LogP) is 1.01. The monoisotopic (exact) mass is 190 g/mol. The second kappa shape index (κ2) is 4.24. The molecule has 0 atom stereocenters. The zero-order chi connectivity index (χ0) is 9.80. The van der Waals surface area contributed by atoms with E-state index in [1.165, 1.54) is 0 Å². The number of amides is 1. The van der Waals surface area contributed by atoms with Crippen molar-refractivity contribution in [3.63, 3.8) is 0 Å². The quantitative estimate of drug-likeness (QED) is 0.717. The van der Waals surface area contributed by atoms with E-state index in [0.29, 0.717) is 6.54 Å². The Morgan fingerprint density at radius 3 is 2.79 bits per heavy atom. The summed E-state index contributed by atoms with van der Waals surface area (Å²) in [4.78, 5) is 13.5. The second-order valence-electron chi connectivity index (χ2n) is 3.41. The van der Waals surface area contributed by atoms with Crippen molar-refractivity contribution in [1.29, 1.82) is 0 Å². The lowest BCUT2D eigenvalue weighted by Gasteiger charge is -2.19. The predicted molar refractivity (Wildman–Crippen MR) is 56.3 cm³/mol. The first-order chi connectivity index (χ1) is 6.88. The Kier molecular flexibility index (Phi) is 2.79. The highest BCUT2D eigenvalue weighted by molar-refractivity contribution is 5.94. The highest BCUT2D eigenvalue weighted by Crippen LogP contribution is 2.14. The van der Waals surface area contributed by atoms with Crippen molar-refractivity contribution in [3.8, 4) is 0 Å². The Balaban J connectivity index is 2.19. The highest BCUT2D eigenvalue weighted by atomic mass is 16.2. The Morgan fingerprint density at radius 1 is 1.21 bits per heavy atom. The van der Waals surface area contributed by atoms with E-state index in [2.05, 4.69) is 5.32 Å². The minimum atomic E-state index is 0.161. The number of para-hydroxylation sites is 1. The van der Waals surface area contributed by atoms with Crippen molar-refractivity contribution in [2.75, 3.05) is 24.5 Å². The standard InChI is InChI=1S/C11H14N2O/c14-11-9-12-7-4-8-13(11)10-5-2-1-3-6-10/h1-3,5-6,12H,4,7-9H2. The van der Waals surface area contributed by atoms with Crippen molar-refractivity contribution < 1.29 is 4.79 Å². The van der Waals surface area contributed by atoms with Crippen LogP contribution in [0.2, 0.25) is 0 Å². The Labute approximate surface area is 83.7 Å². The fraction of sp³-hybridized carbons (Fsp3) is 0.364. The lowest BCUT2D eigenvalue weighted by Crippen LogP contribution is -2.34. The van der Waals surface area contributed by atoms with E-state index in [1.807, 2.05) is 35.2 Å². The van der Waals surface area contributed by atoms with E-state index in [0.717, 1.165) is 25.2 Å². The fourth-order valence-corrected chi connectivity index (χ4v) is 1.66. The lowest BCUT2D eigenvalue weighted by atomic mass is 10.2. The number of carbonyl (C=O) groups is 1. The SMILES string of the molecule is O=C1CNCCCN1c1ccccc1. The van der Waals surface area contributed by atoms with Crippen LogP contribution in [0, 0.1) is 0 Å². The van der Waals surface area contributed by atoms with Crippen LogP contribution < -0.4 is 10.2 Å². The van der Waals surface area contributed by atoms with Crippen LogP contribution in [0.4, 0.5) is 5.69 Å². The summed E-state index contributed by atoms with van der Waals surface area (Å²) in [7, 11) is 0. The molecule has 3 nitrogen and oxygen atoms in total. The van der Waals surface area contributed by atoms with E-state index < -0.39 is 0 Å². The van der Waals surface area contributed by atoms with Gasteiger partial charge in [-0.15, -0.1) is 0 Å². The molecule has 0 unspecified atom stereocenters. The van der Waals surface area contributed by atoms with Crippen molar-refractivity contribution >= 4 is 11.6 Å². The zero-order valence-corrected chi connectivity index (χ0v) is 8.07. The molecule has 74 valence electrons. The number of nitrogens with one attached hydrogen (secondary N) is 1. The molecule has 0 radical (unpaired) electrons. The third-order valence-corrected chi connectivity index (χ3v) is 2.38. The first-order valence-corrected chi connectivity index (χ1v) is 4.94. The largest absolute Gasteiger partial charge is 0.311 e. The summed E-state index contributed by atoms with van der Waals surface area (Å²) in [6, 6.07) is 9.83. The summed E-state index contributed by atoms with van der Waals surface area (Å²) in [6.45, 7) is 2.19. The molecule has 0 saturated carbocycles. The first-order valence-electron chi connectivity index (χ1n) is 4.94. The molecule has 0 aliphatic carbocycles. The fourth-order valence-electron chi connectivity index (χ4n) is 1.66. The van der Waals surface area contributed by atoms with Crippen LogP contribution in [-0.2, 0) is 4.79 Å². The third-order valence-electron chi connectivity index (χ3n) is 2.38. The van der Waals surface area contributed by atoms with Gasteiger partial charge in [-0.05, 0) is 25.1 Å². The van der Waals surface area contributed by atoms with Gasteiger partial charge in [0.1, 0.15) is 0 Å². The molecule has 2 rings (SSSR count). The number of carbonyl (C=O) groups excluding carboxylic acids is 1. The van der Waals surface area contributed by atoms with Gasteiger partial charge in [-0.3, -0.25) is 4.79 Å². The van der Waals surface area contributed by atoms with Crippen molar-refractivity contribution in [3.05, 3.63) is 30.3 Å². The smallest absolute Gasteiger partial charge is 0.240 e. The number of benzene rings is 1. The van der Waals surface area contributed by atoms with Crippen LogP contribution in [0.1, 0.15) is 6.42 Å². The molecular formula is C11H14N2O. The molecule has 0 aromatic heterocycles. The summed E-state index contributed by atoms with van der Waals surface area (Å²) in [5.74, 6) is 0.161. The van der Waals surface area contributed by atoms with Crippen LogP contribution in [0.15, 0.2) is 30.3 Å². The second-order valence-corrected chi connectivity index (χ2v) is 3.41. The lowest BCUT2D eigenvalue weighted by molar-refractivity contribution is -0.117. The molecular weight excluding hydrogens is 176 g/mol. The molecule has 1 N–H and O–H groups in total. The van der Waals surface area contributed by atoms with Gasteiger partial charge in [0.05, 0.1) is 6.54 Å². The van der Waals surface area contributed by atoms with Crippen LogP contribution in [0.3, 0.4) is 0 Å². The summed E-state index contributed by atoms with van der Waals surface area (Å²) in [5, 5.41) is 3.11. The number of rotatable bonds is 1. The molecule has 1 amide bonds. The van der Waals surface area contributed by atoms with Crippen LogP contribution in [0.25, 0.3) is 0 Å². The van der Waals surface area contributed by atoms with E-state index in [1.54, 1.807) is 0 Å². The minimum Gasteiger partial charge on any atom is -0.311 e. The molecule has 1 aliphatic heterocycles. The molecule has 0 bridgehead atoms. The summed E-state index contributed by atoms with van der Waals surface area (Å²) in [5.41, 5.74) is 1.00. The first kappa shape index (κ1) is 9.21. The highest BCUT2D eigenvalue weighted by Gasteiger charge is 2.16. The molecule has 1 aliphatic rings. The van der Waals surface area contributed by atoms with Crippen molar-refractivity contribution in [1.82, 2.24) is 5.32 Å². The van der Waals surface area contributed by atoms with E-state index in [-0.39, 0.29) is 5.91 Å². The van der Waals surface area contributed by atoms with Crippen molar-refractivity contribution in [2.24, 2.45) is 0 Å². The minimum absolute atomic E-state index is 0.161. The topological polar surface area (TPSA) is 32.3 Å². The molecule has 1 saturated heterocycles. The normalized spacial score (nSPS) is 18.0. The Morgan fingerprint density at radius 2 is 2.00 bits per heavy atom. The van der Waals surface area contributed by atoms with Gasteiger partial charge >= 0.3 is 0 Å². The van der Waals surface area contributed by atoms with Crippen LogP contribution in [-0.4, -0.2) is 25.5 Å². The number of anilines is 1. The molecule has 14 heavy (non-hydrogen) atoms. The van der Waals surface area contributed by atoms with Gasteiger partial charge in [0.15, 0.2) is 0 Å². The van der Waals surface area contributed by atoms with Crippen LogP contribution >= 0.6 is 0 Å². The van der Waals surface area contributed by atoms with Gasteiger partial charge in [0.2, 0.25) is 5.91 Å². The van der Waals surface area contributed by atoms with Crippen molar-refractivity contribution in [2.45, 2.75) is 6.42 Å². The van der Waals surface area contributed by atoms with Gasteiger partial charge in [-0.1, -0.05) is 18.2 Å². The molecule has 1 aromatic rings. The maximum absolute atomic E-state index is 11.7. The van der Waals surface area contributed by atoms with Gasteiger partial charge in [0.25, 0.3) is 0 Å². The molecule has 0 spiro atoms. The maximum Gasteiger partial charge on any atom is 0.240 e. The number of hydrogen-bond acceptors (Lipinski definition) is 2. The number of hydrogen-bond donors (Lipinski definition) is 1. The van der Waals surface area contributed by atoms with E-state index in [9.17, 15) is 4.79 Å². The number of nitrogens with zero attached hydrogens (tertiary/aromatic N) is 1. The molecule has 1 fully saturated rings. The van der Waals surface area contributed by atoms with E-state index >= 15 is 0 Å². The van der Waals surface area contributed by atoms with E-state index in [4.69, 9.17) is 0 Å². The molecule has 1 heterocycles. The zero-order valence-electron chi connectivity index (χ0n) is 8.07. The Hall–Kier alpha value is -1.35. The molecule has 3 heteroatoms. The summed E-state index contributed by atoms with van der Waals surface area (Å²) in [6.07, 6.45) is 1.01. The summed E-state index contributed by atoms with van der Waals surface area (Å²) < 4.78 is 0. The summed E-state index contributed by atoms with van der Waals surface area (Å²) >= 11 is 0. The average Bonchev–Trinajstić information content (AvgIpc) is 2.44.